The molecule has 5 nitrogen and oxygen atoms in total. The predicted molar refractivity (Wildman–Crippen MR) is 80.5 cm³/mol. The lowest BCUT2D eigenvalue weighted by Gasteiger charge is -2.09. The minimum absolute atomic E-state index is 0.0333. The number of hydrogen-bond acceptors (Lipinski definition) is 4. The number of pyridine rings is 1. The third-order valence-electron chi connectivity index (χ3n) is 2.65. The van der Waals surface area contributed by atoms with Crippen molar-refractivity contribution in [3.63, 3.8) is 0 Å². The number of primary sulfonamides is 1. The first-order valence-electron chi connectivity index (χ1n) is 5.75. The Morgan fingerprint density at radius 3 is 2.79 bits per heavy atom. The van der Waals surface area contributed by atoms with Crippen LogP contribution in [-0.2, 0) is 10.0 Å². The summed E-state index contributed by atoms with van der Waals surface area (Å²) >= 11 is 3.49. The standard InChI is InChI=1S/C12H14BrN3O2S/c13-11-4-1-3-10-9(11)5-7-16-12(10)15-6-2-8-19(14,17)18/h1,3-5,7H,2,6,8H2,(H,15,16)(H2,14,17,18). The van der Waals surface area contributed by atoms with E-state index in [0.717, 1.165) is 21.1 Å². The van der Waals surface area contributed by atoms with Gasteiger partial charge in [0.2, 0.25) is 10.0 Å². The summed E-state index contributed by atoms with van der Waals surface area (Å²) in [7, 11) is -3.40. The number of nitrogens with zero attached hydrogens (tertiary/aromatic N) is 1. The highest BCUT2D eigenvalue weighted by molar-refractivity contribution is 9.10. The zero-order valence-corrected chi connectivity index (χ0v) is 12.5. The number of benzene rings is 1. The van der Waals surface area contributed by atoms with Gasteiger partial charge in [0.05, 0.1) is 5.75 Å². The van der Waals surface area contributed by atoms with Gasteiger partial charge in [-0.3, -0.25) is 0 Å². The number of fused-ring (bicyclic) bond motifs is 1. The molecule has 3 N–H and O–H groups in total. The molecule has 0 bridgehead atoms. The summed E-state index contributed by atoms with van der Waals surface area (Å²) in [5, 5.41) is 10.1. The first kappa shape index (κ1) is 14.2. The van der Waals surface area contributed by atoms with Crippen LogP contribution in [0.4, 0.5) is 5.82 Å². The monoisotopic (exact) mass is 343 g/mol. The predicted octanol–water partition coefficient (Wildman–Crippen LogP) is 2.09. The second-order valence-electron chi connectivity index (χ2n) is 4.14. The Morgan fingerprint density at radius 1 is 1.26 bits per heavy atom. The van der Waals surface area contributed by atoms with Gasteiger partial charge in [-0.2, -0.15) is 0 Å². The smallest absolute Gasteiger partial charge is 0.209 e. The summed E-state index contributed by atoms with van der Waals surface area (Å²) < 4.78 is 22.7. The Kier molecular flexibility index (Phi) is 4.38. The topological polar surface area (TPSA) is 85.1 Å². The Balaban J connectivity index is 2.11. The molecule has 0 radical (unpaired) electrons. The van der Waals surface area contributed by atoms with Crippen molar-refractivity contribution < 1.29 is 8.42 Å². The Labute approximate surface area is 120 Å². The molecule has 0 unspecified atom stereocenters. The van der Waals surface area contributed by atoms with Crippen molar-refractivity contribution in [2.75, 3.05) is 17.6 Å². The molecule has 2 rings (SSSR count). The Morgan fingerprint density at radius 2 is 2.05 bits per heavy atom. The van der Waals surface area contributed by atoms with Crippen LogP contribution in [-0.4, -0.2) is 25.7 Å². The van der Waals surface area contributed by atoms with Gasteiger partial charge in [-0.25, -0.2) is 18.5 Å². The first-order valence-corrected chi connectivity index (χ1v) is 8.26. The van der Waals surface area contributed by atoms with Crippen LogP contribution in [0.3, 0.4) is 0 Å². The van der Waals surface area contributed by atoms with E-state index in [1.165, 1.54) is 0 Å². The molecule has 1 heterocycles. The van der Waals surface area contributed by atoms with Gasteiger partial charge in [0.1, 0.15) is 5.82 Å². The largest absolute Gasteiger partial charge is 0.370 e. The SMILES string of the molecule is NS(=O)(=O)CCCNc1nccc2c(Br)cccc12. The third kappa shape index (κ3) is 3.89. The summed E-state index contributed by atoms with van der Waals surface area (Å²) in [6, 6.07) is 7.79. The van der Waals surface area contributed by atoms with Gasteiger partial charge in [0.25, 0.3) is 0 Å². The van der Waals surface area contributed by atoms with Crippen LogP contribution in [0, 0.1) is 0 Å². The van der Waals surface area contributed by atoms with Crippen LogP contribution in [0.5, 0.6) is 0 Å². The van der Waals surface area contributed by atoms with Gasteiger partial charge in [-0.1, -0.05) is 28.1 Å². The van der Waals surface area contributed by atoms with Crippen LogP contribution in [0.15, 0.2) is 34.9 Å². The van der Waals surface area contributed by atoms with Crippen LogP contribution in [0.1, 0.15) is 6.42 Å². The number of aromatic nitrogens is 1. The summed E-state index contributed by atoms with van der Waals surface area (Å²) in [6.07, 6.45) is 2.17. The molecule has 0 aliphatic rings. The highest BCUT2D eigenvalue weighted by atomic mass is 79.9. The number of sulfonamides is 1. The first-order chi connectivity index (χ1) is 8.97. The van der Waals surface area contributed by atoms with E-state index in [9.17, 15) is 8.42 Å². The molecule has 0 atom stereocenters. The molecule has 0 aliphatic heterocycles. The maximum atomic E-state index is 10.8. The highest BCUT2D eigenvalue weighted by Gasteiger charge is 2.05. The van der Waals surface area contributed by atoms with E-state index in [2.05, 4.69) is 26.2 Å². The molecule has 2 aromatic rings. The molecular formula is C12H14BrN3O2S. The fourth-order valence-electron chi connectivity index (χ4n) is 1.79. The van der Waals surface area contributed by atoms with Crippen LogP contribution in [0.2, 0.25) is 0 Å². The zero-order valence-electron chi connectivity index (χ0n) is 10.1. The van der Waals surface area contributed by atoms with Gasteiger partial charge in [-0.15, -0.1) is 0 Å². The zero-order chi connectivity index (χ0) is 13.9. The van der Waals surface area contributed by atoms with Crippen molar-refractivity contribution in [3.05, 3.63) is 34.9 Å². The van der Waals surface area contributed by atoms with Gasteiger partial charge in [0, 0.05) is 28.0 Å². The molecule has 1 aromatic carbocycles. The number of halogens is 1. The lowest BCUT2D eigenvalue weighted by Crippen LogP contribution is -2.18. The normalized spacial score (nSPS) is 11.7. The van der Waals surface area contributed by atoms with Crippen molar-refractivity contribution in [3.8, 4) is 0 Å². The lowest BCUT2D eigenvalue weighted by atomic mass is 10.1. The molecular weight excluding hydrogens is 330 g/mol. The average molecular weight is 344 g/mol. The van der Waals surface area contributed by atoms with Crippen molar-refractivity contribution in [2.45, 2.75) is 6.42 Å². The van der Waals surface area contributed by atoms with E-state index >= 15 is 0 Å². The van der Waals surface area contributed by atoms with Gasteiger partial charge >= 0.3 is 0 Å². The Bertz CT molecular complexity index is 688. The van der Waals surface area contributed by atoms with Crippen LogP contribution >= 0.6 is 15.9 Å². The second kappa shape index (κ2) is 5.85. The number of nitrogens with two attached hydrogens (primary N) is 1. The molecule has 1 aromatic heterocycles. The van der Waals surface area contributed by atoms with Gasteiger partial charge < -0.3 is 5.32 Å². The van der Waals surface area contributed by atoms with Crippen molar-refractivity contribution >= 4 is 42.5 Å². The molecule has 0 fully saturated rings. The van der Waals surface area contributed by atoms with E-state index in [-0.39, 0.29) is 5.75 Å². The third-order valence-corrected chi connectivity index (χ3v) is 4.20. The second-order valence-corrected chi connectivity index (χ2v) is 6.73. The summed E-state index contributed by atoms with van der Waals surface area (Å²) in [5.74, 6) is 0.710. The molecule has 0 aliphatic carbocycles. The minimum Gasteiger partial charge on any atom is -0.370 e. The van der Waals surface area contributed by atoms with Crippen molar-refractivity contribution in [1.82, 2.24) is 4.98 Å². The fraction of sp³-hybridized carbons (Fsp3) is 0.250. The van der Waals surface area contributed by atoms with E-state index < -0.39 is 10.0 Å². The molecule has 19 heavy (non-hydrogen) atoms. The maximum absolute atomic E-state index is 10.8. The minimum atomic E-state index is -3.40. The van der Waals surface area contributed by atoms with Crippen molar-refractivity contribution in [2.24, 2.45) is 5.14 Å². The highest BCUT2D eigenvalue weighted by Crippen LogP contribution is 2.27. The fourth-order valence-corrected chi connectivity index (χ4v) is 2.83. The number of hydrogen-bond donors (Lipinski definition) is 2. The van der Waals surface area contributed by atoms with E-state index in [1.54, 1.807) is 6.20 Å². The molecule has 102 valence electrons. The number of rotatable bonds is 5. The number of anilines is 1. The van der Waals surface area contributed by atoms with Crippen LogP contribution in [0.25, 0.3) is 10.8 Å². The van der Waals surface area contributed by atoms with E-state index in [4.69, 9.17) is 5.14 Å². The van der Waals surface area contributed by atoms with E-state index in [1.807, 2.05) is 24.3 Å². The number of nitrogens with one attached hydrogen (secondary N) is 1. The molecule has 7 heteroatoms. The molecule has 0 spiro atoms. The van der Waals surface area contributed by atoms with Crippen LogP contribution < -0.4 is 10.5 Å². The Hall–Kier alpha value is -1.18. The molecule has 0 saturated heterocycles. The summed E-state index contributed by atoms with van der Waals surface area (Å²) in [4.78, 5) is 4.27. The van der Waals surface area contributed by atoms with Gasteiger partial charge in [0.15, 0.2) is 0 Å². The lowest BCUT2D eigenvalue weighted by molar-refractivity contribution is 0.596. The molecule has 0 saturated carbocycles. The molecule has 0 amide bonds. The average Bonchev–Trinajstić information content (AvgIpc) is 2.34. The summed E-state index contributed by atoms with van der Waals surface area (Å²) in [5.41, 5.74) is 0. The van der Waals surface area contributed by atoms with E-state index in [0.29, 0.717) is 13.0 Å². The maximum Gasteiger partial charge on any atom is 0.209 e. The quantitative estimate of drug-likeness (QED) is 0.814. The van der Waals surface area contributed by atoms with Gasteiger partial charge in [-0.05, 0) is 18.6 Å². The van der Waals surface area contributed by atoms with Crippen molar-refractivity contribution in [1.29, 1.82) is 0 Å². The summed E-state index contributed by atoms with van der Waals surface area (Å²) in [6.45, 7) is 0.509.